The molecule has 3 rings (SSSR count). The minimum Gasteiger partial charge on any atom is -0.452 e. The van der Waals surface area contributed by atoms with Crippen LogP contribution in [-0.4, -0.2) is 53.8 Å². The quantitative estimate of drug-likeness (QED) is 0.422. The van der Waals surface area contributed by atoms with Crippen molar-refractivity contribution in [1.29, 1.82) is 0 Å². The lowest BCUT2D eigenvalue weighted by Crippen LogP contribution is -2.30. The van der Waals surface area contributed by atoms with E-state index in [4.69, 9.17) is 4.74 Å². The van der Waals surface area contributed by atoms with Gasteiger partial charge in [0.05, 0.1) is 12.1 Å². The summed E-state index contributed by atoms with van der Waals surface area (Å²) in [5.41, 5.74) is 1.60. The molecule has 0 aliphatic carbocycles. The summed E-state index contributed by atoms with van der Waals surface area (Å²) in [7, 11) is 1.52. The van der Waals surface area contributed by atoms with Gasteiger partial charge in [-0.05, 0) is 35.4 Å². The van der Waals surface area contributed by atoms with E-state index in [0.717, 1.165) is 0 Å². The Hall–Kier alpha value is -3.82. The summed E-state index contributed by atoms with van der Waals surface area (Å²) in [5.74, 6) is -1.56. The fraction of sp³-hybridized carbons (Fsp3) is 0.304. The molecule has 1 aliphatic heterocycles. The summed E-state index contributed by atoms with van der Waals surface area (Å²) in [5, 5.41) is 0. The maximum absolute atomic E-state index is 12.3. The number of carbonyl (C=O) groups is 4. The van der Waals surface area contributed by atoms with Gasteiger partial charge in [-0.3, -0.25) is 19.3 Å². The predicted molar refractivity (Wildman–Crippen MR) is 111 cm³/mol. The van der Waals surface area contributed by atoms with Crippen LogP contribution in [0.2, 0.25) is 0 Å². The first-order chi connectivity index (χ1) is 15.7. The van der Waals surface area contributed by atoms with Crippen molar-refractivity contribution in [3.63, 3.8) is 0 Å². The number of ether oxygens (including phenoxy) is 2. The normalized spacial score (nSPS) is 13.4. The van der Waals surface area contributed by atoms with Crippen molar-refractivity contribution in [2.75, 3.05) is 13.7 Å². The van der Waals surface area contributed by atoms with Crippen molar-refractivity contribution in [3.8, 4) is 5.75 Å². The molecule has 1 saturated heterocycles. The van der Waals surface area contributed by atoms with Crippen LogP contribution >= 0.6 is 0 Å². The summed E-state index contributed by atoms with van der Waals surface area (Å²) in [4.78, 5) is 50.4. The zero-order chi connectivity index (χ0) is 24.0. The summed E-state index contributed by atoms with van der Waals surface area (Å²) in [6.07, 6.45) is 0.425. The lowest BCUT2D eigenvalue weighted by molar-refractivity contribution is -0.139. The molecule has 2 aromatic carbocycles. The molecule has 33 heavy (non-hydrogen) atoms. The van der Waals surface area contributed by atoms with Crippen LogP contribution in [0.5, 0.6) is 5.75 Å². The predicted octanol–water partition coefficient (Wildman–Crippen LogP) is 2.75. The molecular formula is C23H22F2N2O6. The number of alkyl halides is 2. The number of carbonyl (C=O) groups excluding carboxylic acids is 4. The Morgan fingerprint density at radius 1 is 0.970 bits per heavy atom. The second-order valence-corrected chi connectivity index (χ2v) is 7.42. The molecule has 0 atom stereocenters. The minimum absolute atomic E-state index is 0.0151. The Labute approximate surface area is 188 Å². The molecule has 0 spiro atoms. The lowest BCUT2D eigenvalue weighted by Gasteiger charge is -2.17. The highest BCUT2D eigenvalue weighted by molar-refractivity contribution is 6.01. The third kappa shape index (κ3) is 6.58. The number of hydrogen-bond donors (Lipinski definition) is 0. The highest BCUT2D eigenvalue weighted by Crippen LogP contribution is 2.17. The van der Waals surface area contributed by atoms with Gasteiger partial charge in [-0.2, -0.15) is 8.78 Å². The van der Waals surface area contributed by atoms with E-state index in [1.165, 1.54) is 41.1 Å². The summed E-state index contributed by atoms with van der Waals surface area (Å²) >= 11 is 0. The van der Waals surface area contributed by atoms with E-state index in [1.807, 2.05) is 0 Å². The van der Waals surface area contributed by atoms with Gasteiger partial charge in [-0.25, -0.2) is 4.79 Å². The zero-order valence-corrected chi connectivity index (χ0v) is 17.8. The van der Waals surface area contributed by atoms with Crippen molar-refractivity contribution >= 4 is 23.7 Å². The molecule has 174 valence electrons. The van der Waals surface area contributed by atoms with Crippen LogP contribution in [0.3, 0.4) is 0 Å². The molecule has 0 saturated carbocycles. The molecule has 8 nitrogen and oxygen atoms in total. The van der Waals surface area contributed by atoms with Crippen molar-refractivity contribution < 1.29 is 37.4 Å². The number of nitrogens with zero attached hydrogens (tertiary/aromatic N) is 2. The maximum atomic E-state index is 12.3. The molecule has 0 bridgehead atoms. The Balaban J connectivity index is 1.46. The van der Waals surface area contributed by atoms with E-state index in [-0.39, 0.29) is 49.1 Å². The van der Waals surface area contributed by atoms with Crippen LogP contribution in [0, 0.1) is 0 Å². The van der Waals surface area contributed by atoms with Gasteiger partial charge in [0.25, 0.3) is 5.91 Å². The van der Waals surface area contributed by atoms with Crippen molar-refractivity contribution in [2.24, 2.45) is 0 Å². The largest absolute Gasteiger partial charge is 0.452 e. The third-order valence-electron chi connectivity index (χ3n) is 5.01. The summed E-state index contributed by atoms with van der Waals surface area (Å²) in [6, 6.07) is 12.1. The van der Waals surface area contributed by atoms with Crippen LogP contribution in [0.15, 0.2) is 48.5 Å². The lowest BCUT2D eigenvalue weighted by atomic mass is 10.1. The molecule has 0 unspecified atom stereocenters. The number of benzene rings is 2. The van der Waals surface area contributed by atoms with Gasteiger partial charge in [0, 0.05) is 26.4 Å². The standard InChI is InChI=1S/C23H22F2N2O6/c1-26(12-15-4-8-18(9-5-15)33-23(24)25)21(30)14-32-22(31)17-6-2-16(3-7-17)13-27-19(28)10-11-20(27)29/h2-9,23H,10-14H2,1H3. The average molecular weight is 460 g/mol. The van der Waals surface area contributed by atoms with Crippen LogP contribution in [0.25, 0.3) is 0 Å². The van der Waals surface area contributed by atoms with E-state index in [9.17, 15) is 28.0 Å². The average Bonchev–Trinajstić information content (AvgIpc) is 3.10. The van der Waals surface area contributed by atoms with Crippen molar-refractivity contribution in [3.05, 3.63) is 65.2 Å². The molecular weight excluding hydrogens is 438 g/mol. The van der Waals surface area contributed by atoms with Crippen LogP contribution in [-0.2, 0) is 32.2 Å². The van der Waals surface area contributed by atoms with E-state index in [1.54, 1.807) is 24.3 Å². The SMILES string of the molecule is CN(Cc1ccc(OC(F)F)cc1)C(=O)COC(=O)c1ccc(CN2C(=O)CCC2=O)cc1. The van der Waals surface area contributed by atoms with Gasteiger partial charge >= 0.3 is 12.6 Å². The van der Waals surface area contributed by atoms with Crippen molar-refractivity contribution in [1.82, 2.24) is 9.80 Å². The molecule has 0 radical (unpaired) electrons. The minimum atomic E-state index is -2.91. The van der Waals surface area contributed by atoms with E-state index < -0.39 is 25.1 Å². The highest BCUT2D eigenvalue weighted by atomic mass is 19.3. The molecule has 10 heteroatoms. The summed E-state index contributed by atoms with van der Waals surface area (Å²) < 4.78 is 33.7. The van der Waals surface area contributed by atoms with E-state index in [0.29, 0.717) is 11.1 Å². The highest BCUT2D eigenvalue weighted by Gasteiger charge is 2.28. The van der Waals surface area contributed by atoms with Crippen LogP contribution < -0.4 is 4.74 Å². The van der Waals surface area contributed by atoms with Gasteiger partial charge in [-0.15, -0.1) is 0 Å². The first kappa shape index (κ1) is 23.8. The molecule has 0 aromatic heterocycles. The van der Waals surface area contributed by atoms with E-state index in [2.05, 4.69) is 4.74 Å². The van der Waals surface area contributed by atoms with Gasteiger partial charge in [0.2, 0.25) is 11.8 Å². The van der Waals surface area contributed by atoms with Gasteiger partial charge in [-0.1, -0.05) is 24.3 Å². The van der Waals surface area contributed by atoms with Gasteiger partial charge in [0.1, 0.15) is 5.75 Å². The molecule has 0 N–H and O–H groups in total. The zero-order valence-electron chi connectivity index (χ0n) is 17.8. The van der Waals surface area contributed by atoms with Gasteiger partial charge < -0.3 is 14.4 Å². The molecule has 2 aromatic rings. The Morgan fingerprint density at radius 3 is 2.12 bits per heavy atom. The van der Waals surface area contributed by atoms with E-state index >= 15 is 0 Å². The molecule has 1 heterocycles. The number of hydrogen-bond acceptors (Lipinski definition) is 6. The topological polar surface area (TPSA) is 93.2 Å². The van der Waals surface area contributed by atoms with Crippen LogP contribution in [0.1, 0.15) is 34.3 Å². The molecule has 1 aliphatic rings. The number of amides is 3. The smallest absolute Gasteiger partial charge is 0.387 e. The number of rotatable bonds is 9. The molecule has 1 fully saturated rings. The number of imide groups is 1. The maximum Gasteiger partial charge on any atom is 0.387 e. The number of esters is 1. The Kier molecular flexibility index (Phi) is 7.70. The second kappa shape index (κ2) is 10.7. The van der Waals surface area contributed by atoms with Crippen molar-refractivity contribution in [2.45, 2.75) is 32.5 Å². The number of likely N-dealkylation sites (tertiary alicyclic amines) is 1. The summed E-state index contributed by atoms with van der Waals surface area (Å²) in [6.45, 7) is -3.05. The Bertz CT molecular complexity index is 1010. The fourth-order valence-corrected chi connectivity index (χ4v) is 3.19. The molecule has 3 amide bonds. The first-order valence-corrected chi connectivity index (χ1v) is 10.1. The van der Waals surface area contributed by atoms with Crippen LogP contribution in [0.4, 0.5) is 8.78 Å². The Morgan fingerprint density at radius 2 is 1.55 bits per heavy atom. The number of likely N-dealkylation sites (N-methyl/N-ethyl adjacent to an activating group) is 1. The van der Waals surface area contributed by atoms with Gasteiger partial charge in [0.15, 0.2) is 6.61 Å². The first-order valence-electron chi connectivity index (χ1n) is 10.1. The second-order valence-electron chi connectivity index (χ2n) is 7.42. The third-order valence-corrected chi connectivity index (χ3v) is 5.01. The number of halogens is 2. The fourth-order valence-electron chi connectivity index (χ4n) is 3.19. The monoisotopic (exact) mass is 460 g/mol.